The number of benzene rings is 1. The highest BCUT2D eigenvalue weighted by Crippen LogP contribution is 2.12. The molecule has 0 spiro atoms. The van der Waals surface area contributed by atoms with Gasteiger partial charge in [-0.25, -0.2) is 0 Å². The molecule has 1 unspecified atom stereocenters. The molecule has 0 radical (unpaired) electrons. The summed E-state index contributed by atoms with van der Waals surface area (Å²) in [6.07, 6.45) is 1.28. The number of likely N-dealkylation sites (N-methyl/N-ethyl adjacent to an activating group) is 1. The summed E-state index contributed by atoms with van der Waals surface area (Å²) in [5.74, 6) is 0.254. The predicted molar refractivity (Wildman–Crippen MR) is 76.0 cm³/mol. The molecule has 0 amide bonds. The van der Waals surface area contributed by atoms with E-state index < -0.39 is 0 Å². The maximum Gasteiger partial charge on any atom is 0.155 e. The van der Waals surface area contributed by atoms with Crippen molar-refractivity contribution in [1.82, 2.24) is 5.32 Å². The number of rotatable bonds is 6. The monoisotopic (exact) mass is 259 g/mol. The lowest BCUT2D eigenvalue weighted by molar-refractivity contribution is -0.120. The zero-order chi connectivity index (χ0) is 12.8. The molecule has 1 heterocycles. The number of hydrogen-bond acceptors (Lipinski definition) is 3. The van der Waals surface area contributed by atoms with Gasteiger partial charge in [0.05, 0.1) is 6.04 Å². The molecule has 2 nitrogen and oxygen atoms in total. The maximum absolute atomic E-state index is 12.2. The van der Waals surface area contributed by atoms with Gasteiger partial charge in [-0.15, -0.1) is 11.3 Å². The quantitative estimate of drug-likeness (QED) is 0.864. The number of ketones is 1. The Balaban J connectivity index is 1.98. The standard InChI is InChI=1S/C15H17NOS/c1-16-14(10-12-6-3-2-4-7-12)15(17)11-13-8-5-9-18-13/h2-9,14,16H,10-11H2,1H3. The molecule has 3 heteroatoms. The lowest BCUT2D eigenvalue weighted by atomic mass is 10.0. The second kappa shape index (κ2) is 6.47. The number of carbonyl (C=O) groups excluding carboxylic acids is 1. The molecular formula is C15H17NOS. The fraction of sp³-hybridized carbons (Fsp3) is 0.267. The van der Waals surface area contributed by atoms with E-state index in [1.54, 1.807) is 11.3 Å². The molecule has 0 fully saturated rings. The van der Waals surface area contributed by atoms with E-state index in [9.17, 15) is 4.79 Å². The molecule has 2 rings (SSSR count). The summed E-state index contributed by atoms with van der Waals surface area (Å²) in [5.41, 5.74) is 1.19. The normalized spacial score (nSPS) is 12.3. The van der Waals surface area contributed by atoms with Gasteiger partial charge in [0.15, 0.2) is 5.78 Å². The van der Waals surface area contributed by atoms with Crippen LogP contribution in [0, 0.1) is 0 Å². The molecule has 0 aliphatic rings. The number of Topliss-reactive ketones (excluding diaryl/α,β-unsaturated/α-hetero) is 1. The van der Waals surface area contributed by atoms with Crippen molar-refractivity contribution in [3.63, 3.8) is 0 Å². The highest BCUT2D eigenvalue weighted by Gasteiger charge is 2.17. The van der Waals surface area contributed by atoms with Gasteiger partial charge in [-0.05, 0) is 30.5 Å². The number of thiophene rings is 1. The van der Waals surface area contributed by atoms with Crippen LogP contribution in [0.25, 0.3) is 0 Å². The highest BCUT2D eigenvalue weighted by molar-refractivity contribution is 7.10. The average Bonchev–Trinajstić information content (AvgIpc) is 2.90. The molecule has 0 saturated carbocycles. The summed E-state index contributed by atoms with van der Waals surface area (Å²) in [7, 11) is 1.85. The second-order valence-corrected chi connectivity index (χ2v) is 5.29. The van der Waals surface area contributed by atoms with Crippen LogP contribution < -0.4 is 5.32 Å². The van der Waals surface area contributed by atoms with Gasteiger partial charge in [-0.2, -0.15) is 0 Å². The van der Waals surface area contributed by atoms with Crippen molar-refractivity contribution in [2.75, 3.05) is 7.05 Å². The molecule has 2 aromatic rings. The SMILES string of the molecule is CNC(Cc1ccccc1)C(=O)Cc1cccs1. The van der Waals surface area contributed by atoms with E-state index in [4.69, 9.17) is 0 Å². The van der Waals surface area contributed by atoms with Crippen molar-refractivity contribution in [2.45, 2.75) is 18.9 Å². The molecule has 94 valence electrons. The Labute approximate surface area is 112 Å². The Morgan fingerprint density at radius 2 is 2.00 bits per heavy atom. The summed E-state index contributed by atoms with van der Waals surface area (Å²) in [6, 6.07) is 14.0. The second-order valence-electron chi connectivity index (χ2n) is 4.25. The molecule has 1 N–H and O–H groups in total. The highest BCUT2D eigenvalue weighted by atomic mass is 32.1. The third-order valence-corrected chi connectivity index (χ3v) is 3.82. The largest absolute Gasteiger partial charge is 0.310 e. The molecule has 0 saturated heterocycles. The maximum atomic E-state index is 12.2. The topological polar surface area (TPSA) is 29.1 Å². The summed E-state index contributed by atoms with van der Waals surface area (Å²) in [5, 5.41) is 5.13. The van der Waals surface area contributed by atoms with E-state index >= 15 is 0 Å². The van der Waals surface area contributed by atoms with Crippen LogP contribution in [0.3, 0.4) is 0 Å². The van der Waals surface area contributed by atoms with Crippen LogP contribution >= 0.6 is 11.3 Å². The smallest absolute Gasteiger partial charge is 0.155 e. The van der Waals surface area contributed by atoms with Crippen molar-refractivity contribution < 1.29 is 4.79 Å². The van der Waals surface area contributed by atoms with Crippen LogP contribution in [0.1, 0.15) is 10.4 Å². The Morgan fingerprint density at radius 3 is 2.61 bits per heavy atom. The molecule has 0 aliphatic carbocycles. The first kappa shape index (κ1) is 13.0. The van der Waals surface area contributed by atoms with Crippen molar-refractivity contribution in [3.05, 3.63) is 58.3 Å². The summed E-state index contributed by atoms with van der Waals surface area (Å²) in [4.78, 5) is 13.3. The minimum atomic E-state index is -0.102. The van der Waals surface area contributed by atoms with E-state index in [0.29, 0.717) is 6.42 Å². The van der Waals surface area contributed by atoms with Crippen LogP contribution in [-0.4, -0.2) is 18.9 Å². The third-order valence-electron chi connectivity index (χ3n) is 2.95. The number of nitrogens with one attached hydrogen (secondary N) is 1. The third kappa shape index (κ3) is 3.52. The van der Waals surface area contributed by atoms with E-state index in [2.05, 4.69) is 17.4 Å². The first-order chi connectivity index (χ1) is 8.79. The van der Waals surface area contributed by atoms with Crippen LogP contribution in [0.5, 0.6) is 0 Å². The van der Waals surface area contributed by atoms with E-state index in [0.717, 1.165) is 11.3 Å². The first-order valence-corrected chi connectivity index (χ1v) is 6.94. The molecular weight excluding hydrogens is 242 g/mol. The first-order valence-electron chi connectivity index (χ1n) is 6.06. The Hall–Kier alpha value is -1.45. The fourth-order valence-electron chi connectivity index (χ4n) is 1.93. The van der Waals surface area contributed by atoms with Crippen molar-refractivity contribution in [1.29, 1.82) is 0 Å². The summed E-state index contributed by atoms with van der Waals surface area (Å²) < 4.78 is 0. The van der Waals surface area contributed by atoms with Crippen LogP contribution in [0.15, 0.2) is 47.8 Å². The van der Waals surface area contributed by atoms with Gasteiger partial charge < -0.3 is 5.32 Å². The van der Waals surface area contributed by atoms with Gasteiger partial charge in [-0.3, -0.25) is 4.79 Å². The zero-order valence-electron chi connectivity index (χ0n) is 10.4. The van der Waals surface area contributed by atoms with E-state index in [1.807, 2.05) is 42.8 Å². The average molecular weight is 259 g/mol. The van der Waals surface area contributed by atoms with Gasteiger partial charge >= 0.3 is 0 Å². The molecule has 1 aromatic heterocycles. The lowest BCUT2D eigenvalue weighted by Crippen LogP contribution is -2.37. The molecule has 18 heavy (non-hydrogen) atoms. The Kier molecular flexibility index (Phi) is 4.67. The summed E-state index contributed by atoms with van der Waals surface area (Å²) >= 11 is 1.64. The number of hydrogen-bond donors (Lipinski definition) is 1. The van der Waals surface area contributed by atoms with Crippen LogP contribution in [0.4, 0.5) is 0 Å². The van der Waals surface area contributed by atoms with E-state index in [-0.39, 0.29) is 11.8 Å². The lowest BCUT2D eigenvalue weighted by Gasteiger charge is -2.14. The van der Waals surface area contributed by atoms with E-state index in [1.165, 1.54) is 5.56 Å². The van der Waals surface area contributed by atoms with Crippen LogP contribution in [-0.2, 0) is 17.6 Å². The van der Waals surface area contributed by atoms with Gasteiger partial charge in [0.2, 0.25) is 0 Å². The Bertz CT molecular complexity index is 478. The van der Waals surface area contributed by atoms with Gasteiger partial charge in [0.1, 0.15) is 0 Å². The van der Waals surface area contributed by atoms with Crippen molar-refractivity contribution in [2.24, 2.45) is 0 Å². The van der Waals surface area contributed by atoms with Gasteiger partial charge in [-0.1, -0.05) is 36.4 Å². The zero-order valence-corrected chi connectivity index (χ0v) is 11.2. The molecule has 0 aliphatic heterocycles. The molecule has 1 atom stereocenters. The Morgan fingerprint density at radius 1 is 1.22 bits per heavy atom. The van der Waals surface area contributed by atoms with Crippen molar-refractivity contribution in [3.8, 4) is 0 Å². The fourth-order valence-corrected chi connectivity index (χ4v) is 2.65. The molecule has 1 aromatic carbocycles. The van der Waals surface area contributed by atoms with Gasteiger partial charge in [0, 0.05) is 11.3 Å². The van der Waals surface area contributed by atoms with Crippen LogP contribution in [0.2, 0.25) is 0 Å². The minimum Gasteiger partial charge on any atom is -0.310 e. The van der Waals surface area contributed by atoms with Crippen molar-refractivity contribution >= 4 is 17.1 Å². The summed E-state index contributed by atoms with van der Waals surface area (Å²) in [6.45, 7) is 0. The minimum absolute atomic E-state index is 0.102. The predicted octanol–water partition coefficient (Wildman–Crippen LogP) is 2.69. The number of carbonyl (C=O) groups is 1. The molecule has 0 bridgehead atoms. The van der Waals surface area contributed by atoms with Gasteiger partial charge in [0.25, 0.3) is 0 Å².